The van der Waals surface area contributed by atoms with Gasteiger partial charge in [-0.3, -0.25) is 0 Å². The standard InChI is InChI=1S/C18H23NO2S/c1-13-4-6-14(7-5-13)12-22-18(19)10-15-8-9-16(20-2)11-17(15)21-3/h4-9,11,18H,10,12,19H2,1-3H3. The molecule has 0 amide bonds. The molecule has 0 saturated heterocycles. The molecule has 1 unspecified atom stereocenters. The van der Waals surface area contributed by atoms with E-state index in [1.54, 1.807) is 26.0 Å². The number of nitrogens with two attached hydrogens (primary N) is 1. The molecule has 0 spiro atoms. The minimum Gasteiger partial charge on any atom is -0.497 e. The van der Waals surface area contributed by atoms with Crippen molar-refractivity contribution in [3.8, 4) is 11.5 Å². The lowest BCUT2D eigenvalue weighted by molar-refractivity contribution is 0.391. The molecule has 0 radical (unpaired) electrons. The molecule has 0 aromatic heterocycles. The van der Waals surface area contributed by atoms with Crippen LogP contribution in [0.1, 0.15) is 16.7 Å². The Hall–Kier alpha value is -1.65. The summed E-state index contributed by atoms with van der Waals surface area (Å²) in [6.07, 6.45) is 0.768. The van der Waals surface area contributed by atoms with Crippen LogP contribution in [0.5, 0.6) is 11.5 Å². The smallest absolute Gasteiger partial charge is 0.125 e. The van der Waals surface area contributed by atoms with E-state index in [-0.39, 0.29) is 5.37 Å². The molecule has 118 valence electrons. The monoisotopic (exact) mass is 317 g/mol. The molecule has 4 heteroatoms. The average molecular weight is 317 g/mol. The fraction of sp³-hybridized carbons (Fsp3) is 0.333. The predicted molar refractivity (Wildman–Crippen MR) is 93.7 cm³/mol. The second-order valence-corrected chi connectivity index (χ2v) is 6.44. The van der Waals surface area contributed by atoms with Crippen molar-refractivity contribution in [2.75, 3.05) is 14.2 Å². The first-order chi connectivity index (χ1) is 10.6. The molecule has 2 aromatic carbocycles. The van der Waals surface area contributed by atoms with Crippen LogP contribution in [0, 0.1) is 6.92 Å². The van der Waals surface area contributed by atoms with Gasteiger partial charge in [0.1, 0.15) is 11.5 Å². The van der Waals surface area contributed by atoms with Crippen molar-refractivity contribution < 1.29 is 9.47 Å². The predicted octanol–water partition coefficient (Wildman–Crippen LogP) is 3.77. The molecule has 0 saturated carbocycles. The van der Waals surface area contributed by atoms with Crippen LogP contribution in [0.4, 0.5) is 0 Å². The summed E-state index contributed by atoms with van der Waals surface area (Å²) in [7, 11) is 3.32. The summed E-state index contributed by atoms with van der Waals surface area (Å²) < 4.78 is 10.6. The maximum Gasteiger partial charge on any atom is 0.125 e. The highest BCUT2D eigenvalue weighted by molar-refractivity contribution is 7.99. The van der Waals surface area contributed by atoms with Gasteiger partial charge in [-0.25, -0.2) is 0 Å². The highest BCUT2D eigenvalue weighted by Gasteiger charge is 2.10. The van der Waals surface area contributed by atoms with E-state index < -0.39 is 0 Å². The molecule has 2 aromatic rings. The van der Waals surface area contributed by atoms with E-state index in [4.69, 9.17) is 15.2 Å². The number of aryl methyl sites for hydroxylation is 1. The Kier molecular flexibility index (Phi) is 6.16. The van der Waals surface area contributed by atoms with Gasteiger partial charge in [-0.05, 0) is 24.1 Å². The lowest BCUT2D eigenvalue weighted by Crippen LogP contribution is -2.19. The van der Waals surface area contributed by atoms with Crippen LogP contribution in [-0.2, 0) is 12.2 Å². The molecule has 3 nitrogen and oxygen atoms in total. The first-order valence-electron chi connectivity index (χ1n) is 7.26. The first-order valence-corrected chi connectivity index (χ1v) is 8.31. The maximum absolute atomic E-state index is 6.25. The molecule has 0 aliphatic carbocycles. The summed E-state index contributed by atoms with van der Waals surface area (Å²) in [6.45, 7) is 2.10. The van der Waals surface area contributed by atoms with Gasteiger partial charge in [-0.1, -0.05) is 35.9 Å². The van der Waals surface area contributed by atoms with E-state index in [0.29, 0.717) is 0 Å². The summed E-state index contributed by atoms with van der Waals surface area (Å²) in [5, 5.41) is 0.0311. The fourth-order valence-electron chi connectivity index (χ4n) is 2.18. The van der Waals surface area contributed by atoms with Crippen LogP contribution in [0.15, 0.2) is 42.5 Å². The highest BCUT2D eigenvalue weighted by Crippen LogP contribution is 2.27. The van der Waals surface area contributed by atoms with Gasteiger partial charge in [-0.15, -0.1) is 11.8 Å². The Balaban J connectivity index is 1.94. The number of hydrogen-bond donors (Lipinski definition) is 1. The van der Waals surface area contributed by atoms with E-state index in [0.717, 1.165) is 29.2 Å². The molecule has 0 bridgehead atoms. The van der Waals surface area contributed by atoms with Crippen LogP contribution in [0.3, 0.4) is 0 Å². The van der Waals surface area contributed by atoms with E-state index in [9.17, 15) is 0 Å². The molecule has 0 fully saturated rings. The fourth-order valence-corrected chi connectivity index (χ4v) is 3.08. The number of hydrogen-bond acceptors (Lipinski definition) is 4. The Bertz CT molecular complexity index is 599. The third kappa shape index (κ3) is 4.68. The topological polar surface area (TPSA) is 44.5 Å². The van der Waals surface area contributed by atoms with Crippen molar-refractivity contribution in [1.82, 2.24) is 0 Å². The zero-order valence-electron chi connectivity index (χ0n) is 13.3. The van der Waals surface area contributed by atoms with Gasteiger partial charge in [0.25, 0.3) is 0 Å². The Morgan fingerprint density at radius 3 is 2.41 bits per heavy atom. The number of rotatable bonds is 7. The Labute approximate surface area is 136 Å². The van der Waals surface area contributed by atoms with Gasteiger partial charge in [0.2, 0.25) is 0 Å². The average Bonchev–Trinajstić information content (AvgIpc) is 2.54. The third-order valence-electron chi connectivity index (χ3n) is 3.50. The SMILES string of the molecule is COc1ccc(CC(N)SCc2ccc(C)cc2)c(OC)c1. The molecule has 1 atom stereocenters. The lowest BCUT2D eigenvalue weighted by Gasteiger charge is -2.15. The second kappa shape index (κ2) is 8.11. The van der Waals surface area contributed by atoms with Gasteiger partial charge < -0.3 is 15.2 Å². The van der Waals surface area contributed by atoms with Crippen LogP contribution in [0.2, 0.25) is 0 Å². The number of ether oxygens (including phenoxy) is 2. The number of methoxy groups -OCH3 is 2. The van der Waals surface area contributed by atoms with E-state index in [2.05, 4.69) is 31.2 Å². The first kappa shape index (κ1) is 16.7. The number of thioether (sulfide) groups is 1. The van der Waals surface area contributed by atoms with Crippen molar-refractivity contribution in [3.63, 3.8) is 0 Å². The van der Waals surface area contributed by atoms with Crippen LogP contribution >= 0.6 is 11.8 Å². The van der Waals surface area contributed by atoms with Crippen molar-refractivity contribution in [2.24, 2.45) is 5.73 Å². The normalized spacial score (nSPS) is 12.0. The largest absolute Gasteiger partial charge is 0.497 e. The van der Waals surface area contributed by atoms with Crippen LogP contribution < -0.4 is 15.2 Å². The molecule has 2 rings (SSSR count). The van der Waals surface area contributed by atoms with Gasteiger partial charge in [0.05, 0.1) is 19.6 Å². The molecular formula is C18H23NO2S. The van der Waals surface area contributed by atoms with Crippen molar-refractivity contribution in [3.05, 3.63) is 59.2 Å². The molecule has 0 heterocycles. The molecular weight excluding hydrogens is 294 g/mol. The zero-order valence-corrected chi connectivity index (χ0v) is 14.2. The van der Waals surface area contributed by atoms with Gasteiger partial charge in [0.15, 0.2) is 0 Å². The summed E-state index contributed by atoms with van der Waals surface area (Å²) in [5.74, 6) is 2.53. The maximum atomic E-state index is 6.25. The van der Waals surface area contributed by atoms with Crippen molar-refractivity contribution >= 4 is 11.8 Å². The molecule has 0 aliphatic rings. The van der Waals surface area contributed by atoms with E-state index in [1.165, 1.54) is 11.1 Å². The highest BCUT2D eigenvalue weighted by atomic mass is 32.2. The van der Waals surface area contributed by atoms with E-state index >= 15 is 0 Å². The third-order valence-corrected chi connectivity index (χ3v) is 4.59. The molecule has 0 aliphatic heterocycles. The quantitative estimate of drug-likeness (QED) is 0.790. The van der Waals surface area contributed by atoms with Crippen LogP contribution in [0.25, 0.3) is 0 Å². The van der Waals surface area contributed by atoms with Crippen LogP contribution in [-0.4, -0.2) is 19.6 Å². The zero-order chi connectivity index (χ0) is 15.9. The summed E-state index contributed by atoms with van der Waals surface area (Å²) in [5.41, 5.74) is 9.94. The summed E-state index contributed by atoms with van der Waals surface area (Å²) >= 11 is 1.75. The Morgan fingerprint density at radius 1 is 1.05 bits per heavy atom. The van der Waals surface area contributed by atoms with Gasteiger partial charge in [-0.2, -0.15) is 0 Å². The Morgan fingerprint density at radius 2 is 1.77 bits per heavy atom. The number of benzene rings is 2. The minimum absolute atomic E-state index is 0.0311. The van der Waals surface area contributed by atoms with Crippen molar-refractivity contribution in [1.29, 1.82) is 0 Å². The molecule has 22 heavy (non-hydrogen) atoms. The summed E-state index contributed by atoms with van der Waals surface area (Å²) in [4.78, 5) is 0. The van der Waals surface area contributed by atoms with Gasteiger partial charge in [0, 0.05) is 18.2 Å². The van der Waals surface area contributed by atoms with E-state index in [1.807, 2.05) is 18.2 Å². The minimum atomic E-state index is 0.0311. The molecule has 2 N–H and O–H groups in total. The summed E-state index contributed by atoms with van der Waals surface area (Å²) in [6, 6.07) is 14.4. The lowest BCUT2D eigenvalue weighted by atomic mass is 10.1. The second-order valence-electron chi connectivity index (χ2n) is 5.22. The van der Waals surface area contributed by atoms with Gasteiger partial charge >= 0.3 is 0 Å². The van der Waals surface area contributed by atoms with Crippen molar-refractivity contribution in [2.45, 2.75) is 24.5 Å².